The maximum absolute atomic E-state index is 9.21. The minimum absolute atomic E-state index is 0.473. The third-order valence-electron chi connectivity index (χ3n) is 4.85. The third-order valence-corrected chi connectivity index (χ3v) is 5.16. The first-order valence-corrected chi connectivity index (χ1v) is 9.81. The van der Waals surface area contributed by atoms with Gasteiger partial charge in [0.15, 0.2) is 0 Å². The van der Waals surface area contributed by atoms with Crippen molar-refractivity contribution in [2.75, 3.05) is 0 Å². The minimum atomic E-state index is -1.45. The fourth-order valence-corrected chi connectivity index (χ4v) is 3.50. The van der Waals surface area contributed by atoms with Crippen molar-refractivity contribution < 1.29 is 10.0 Å². The number of hydrogen-bond donors (Lipinski definition) is 2. The van der Waals surface area contributed by atoms with E-state index in [4.69, 9.17) is 11.6 Å². The van der Waals surface area contributed by atoms with Crippen LogP contribution in [0.25, 0.3) is 22.3 Å². The lowest BCUT2D eigenvalue weighted by molar-refractivity contribution is 0.426. The third kappa shape index (κ3) is 5.01. The highest BCUT2D eigenvalue weighted by Crippen LogP contribution is 2.32. The Labute approximate surface area is 166 Å². The first-order chi connectivity index (χ1) is 13.1. The Hall–Kier alpha value is -2.07. The van der Waals surface area contributed by atoms with Crippen molar-refractivity contribution in [1.82, 2.24) is 0 Å². The van der Waals surface area contributed by atoms with Crippen molar-refractivity contribution >= 4 is 24.2 Å². The number of halogens is 1. The molecule has 0 fully saturated rings. The van der Waals surface area contributed by atoms with Gasteiger partial charge in [-0.2, -0.15) is 0 Å². The quantitative estimate of drug-likeness (QED) is 0.444. The lowest BCUT2D eigenvalue weighted by Gasteiger charge is -2.10. The minimum Gasteiger partial charge on any atom is -0.423 e. The Morgan fingerprint density at radius 2 is 1.41 bits per heavy atom. The molecule has 0 unspecified atom stereocenters. The van der Waals surface area contributed by atoms with Crippen molar-refractivity contribution in [2.24, 2.45) is 0 Å². The fourth-order valence-electron chi connectivity index (χ4n) is 3.21. The molecular weight excluding hydrogens is 355 g/mol. The smallest absolute Gasteiger partial charge is 0.423 e. The second-order valence-electron chi connectivity index (χ2n) is 6.84. The summed E-state index contributed by atoms with van der Waals surface area (Å²) in [7, 11) is -1.45. The number of rotatable bonds is 7. The number of hydrogen-bond acceptors (Lipinski definition) is 2. The lowest BCUT2D eigenvalue weighted by atomic mass is 9.80. The van der Waals surface area contributed by atoms with Gasteiger partial charge in [-0.1, -0.05) is 92.0 Å². The van der Waals surface area contributed by atoms with Crippen LogP contribution in [-0.4, -0.2) is 17.2 Å². The lowest BCUT2D eigenvalue weighted by Crippen LogP contribution is -2.29. The molecule has 0 aliphatic carbocycles. The summed E-state index contributed by atoms with van der Waals surface area (Å²) in [5.41, 5.74) is 5.96. The zero-order valence-corrected chi connectivity index (χ0v) is 16.3. The molecule has 0 atom stereocenters. The molecule has 0 bridgehead atoms. The summed E-state index contributed by atoms with van der Waals surface area (Å²) < 4.78 is 0. The topological polar surface area (TPSA) is 40.5 Å². The molecule has 3 aromatic rings. The number of benzene rings is 3. The van der Waals surface area contributed by atoms with Gasteiger partial charge < -0.3 is 10.0 Å². The van der Waals surface area contributed by atoms with E-state index >= 15 is 0 Å². The maximum Gasteiger partial charge on any atom is 0.488 e. The molecule has 3 aromatic carbocycles. The largest absolute Gasteiger partial charge is 0.488 e. The Balaban J connectivity index is 1.78. The van der Waals surface area contributed by atoms with Gasteiger partial charge in [-0.05, 0) is 46.6 Å². The molecular formula is C23H24BClO2. The summed E-state index contributed by atoms with van der Waals surface area (Å²) in [4.78, 5) is 0. The molecule has 0 aliphatic heterocycles. The molecule has 0 radical (unpaired) electrons. The first kappa shape index (κ1) is 19.7. The van der Waals surface area contributed by atoms with Crippen molar-refractivity contribution in [3.63, 3.8) is 0 Å². The van der Waals surface area contributed by atoms with Crippen LogP contribution in [0.5, 0.6) is 0 Å². The summed E-state index contributed by atoms with van der Waals surface area (Å²) in [6, 6.07) is 21.8. The van der Waals surface area contributed by atoms with E-state index in [2.05, 4.69) is 31.2 Å². The van der Waals surface area contributed by atoms with E-state index in [1.54, 1.807) is 12.1 Å². The average Bonchev–Trinajstić information content (AvgIpc) is 2.69. The molecule has 0 heterocycles. The second-order valence-corrected chi connectivity index (χ2v) is 7.25. The van der Waals surface area contributed by atoms with E-state index in [1.807, 2.05) is 30.3 Å². The van der Waals surface area contributed by atoms with Crippen LogP contribution in [0.2, 0.25) is 5.02 Å². The monoisotopic (exact) mass is 378 g/mol. The highest BCUT2D eigenvalue weighted by atomic mass is 35.5. The summed E-state index contributed by atoms with van der Waals surface area (Å²) in [6.45, 7) is 2.22. The van der Waals surface area contributed by atoms with Crippen molar-refractivity contribution in [3.8, 4) is 22.3 Å². The summed E-state index contributed by atoms with van der Waals surface area (Å²) in [5.74, 6) is 0. The van der Waals surface area contributed by atoms with Gasteiger partial charge in [0.25, 0.3) is 0 Å². The normalized spacial score (nSPS) is 10.8. The van der Waals surface area contributed by atoms with Crippen molar-refractivity contribution in [3.05, 3.63) is 77.3 Å². The van der Waals surface area contributed by atoms with E-state index in [0.717, 1.165) is 28.7 Å². The van der Waals surface area contributed by atoms with Crippen molar-refractivity contribution in [1.29, 1.82) is 0 Å². The molecule has 27 heavy (non-hydrogen) atoms. The van der Waals surface area contributed by atoms with E-state index in [1.165, 1.54) is 24.8 Å². The van der Waals surface area contributed by atoms with Gasteiger partial charge in [-0.15, -0.1) is 0 Å². The van der Waals surface area contributed by atoms with Gasteiger partial charge >= 0.3 is 7.12 Å². The van der Waals surface area contributed by atoms with Crippen LogP contribution < -0.4 is 5.46 Å². The molecule has 138 valence electrons. The molecule has 3 rings (SSSR count). The predicted octanol–water partition coefficient (Wildman–Crippen LogP) is 5.09. The molecule has 2 N–H and O–H groups in total. The van der Waals surface area contributed by atoms with Gasteiger partial charge in [-0.25, -0.2) is 0 Å². The second kappa shape index (κ2) is 9.23. The van der Waals surface area contributed by atoms with E-state index in [0.29, 0.717) is 10.5 Å². The number of aryl methyl sites for hydroxylation is 1. The van der Waals surface area contributed by atoms with Crippen LogP contribution in [0, 0.1) is 0 Å². The Bertz CT molecular complexity index is 874. The Morgan fingerprint density at radius 3 is 2.00 bits per heavy atom. The van der Waals surface area contributed by atoms with Gasteiger partial charge in [0, 0.05) is 10.6 Å². The van der Waals surface area contributed by atoms with Crippen LogP contribution in [0.4, 0.5) is 0 Å². The molecule has 0 aliphatic rings. The average molecular weight is 379 g/mol. The molecule has 0 spiro atoms. The first-order valence-electron chi connectivity index (χ1n) is 9.44. The maximum atomic E-state index is 9.21. The highest BCUT2D eigenvalue weighted by molar-refractivity contribution is 6.58. The van der Waals surface area contributed by atoms with Crippen LogP contribution >= 0.6 is 11.6 Å². The van der Waals surface area contributed by atoms with Crippen LogP contribution in [0.1, 0.15) is 31.7 Å². The highest BCUT2D eigenvalue weighted by Gasteiger charge is 2.11. The zero-order chi connectivity index (χ0) is 19.2. The van der Waals surface area contributed by atoms with Gasteiger partial charge in [0.05, 0.1) is 0 Å². The van der Waals surface area contributed by atoms with Gasteiger partial charge in [0.1, 0.15) is 0 Å². The van der Waals surface area contributed by atoms with Crippen LogP contribution in [-0.2, 0) is 6.42 Å². The fraction of sp³-hybridized carbons (Fsp3) is 0.217. The molecule has 0 aromatic heterocycles. The van der Waals surface area contributed by atoms with Gasteiger partial charge in [0.2, 0.25) is 0 Å². The molecule has 0 amide bonds. The standard InChI is InChI=1S/C23H24BClO2/c1-2-3-4-5-17-6-8-19(9-7-17)22-15-12-20(16-23(22)25)18-10-13-21(14-11-18)24(26)27/h6-16,26-27H,2-5H2,1H3. The Kier molecular flexibility index (Phi) is 6.73. The summed E-state index contributed by atoms with van der Waals surface area (Å²) in [6.07, 6.45) is 4.87. The van der Waals surface area contributed by atoms with Crippen molar-refractivity contribution in [2.45, 2.75) is 32.6 Å². The summed E-state index contributed by atoms with van der Waals surface area (Å²) in [5, 5.41) is 19.1. The molecule has 4 heteroatoms. The molecule has 0 saturated carbocycles. The zero-order valence-electron chi connectivity index (χ0n) is 15.5. The van der Waals surface area contributed by atoms with Gasteiger partial charge in [-0.3, -0.25) is 0 Å². The van der Waals surface area contributed by atoms with E-state index in [-0.39, 0.29) is 0 Å². The summed E-state index contributed by atoms with van der Waals surface area (Å²) >= 11 is 6.56. The van der Waals surface area contributed by atoms with E-state index < -0.39 is 7.12 Å². The molecule has 0 saturated heterocycles. The molecule has 2 nitrogen and oxygen atoms in total. The number of unbranched alkanes of at least 4 members (excludes halogenated alkanes) is 2. The van der Waals surface area contributed by atoms with Crippen LogP contribution in [0.15, 0.2) is 66.7 Å². The van der Waals surface area contributed by atoms with Crippen LogP contribution in [0.3, 0.4) is 0 Å². The van der Waals surface area contributed by atoms with E-state index in [9.17, 15) is 10.0 Å². The Morgan fingerprint density at radius 1 is 0.778 bits per heavy atom. The SMILES string of the molecule is CCCCCc1ccc(-c2ccc(-c3ccc(B(O)O)cc3)cc2Cl)cc1. The predicted molar refractivity (Wildman–Crippen MR) is 115 cm³/mol.